The first kappa shape index (κ1) is 22.8. The molecule has 0 saturated carbocycles. The number of amidine groups is 1. The second-order valence-electron chi connectivity index (χ2n) is 8.95. The molecule has 35 heavy (non-hydrogen) atoms. The van der Waals surface area contributed by atoms with Crippen molar-refractivity contribution in [3.63, 3.8) is 0 Å². The van der Waals surface area contributed by atoms with E-state index in [9.17, 15) is 19.2 Å². The lowest BCUT2D eigenvalue weighted by Crippen LogP contribution is -2.46. The van der Waals surface area contributed by atoms with Gasteiger partial charge in [0, 0.05) is 18.1 Å². The summed E-state index contributed by atoms with van der Waals surface area (Å²) in [6.45, 7) is 7.08. The van der Waals surface area contributed by atoms with Crippen LogP contribution < -0.4 is 15.0 Å². The molecule has 0 aliphatic carbocycles. The maximum atomic E-state index is 13.7. The van der Waals surface area contributed by atoms with Crippen molar-refractivity contribution < 1.29 is 23.9 Å². The molecule has 0 bridgehead atoms. The van der Waals surface area contributed by atoms with Gasteiger partial charge in [0.15, 0.2) is 5.17 Å². The summed E-state index contributed by atoms with van der Waals surface area (Å²) in [5, 5.41) is 2.63. The number of esters is 1. The highest BCUT2D eigenvalue weighted by Crippen LogP contribution is 2.52. The van der Waals surface area contributed by atoms with Crippen LogP contribution in [0.3, 0.4) is 0 Å². The maximum absolute atomic E-state index is 13.7. The van der Waals surface area contributed by atoms with Crippen LogP contribution in [0.1, 0.15) is 49.2 Å². The monoisotopic (exact) mass is 487 g/mol. The van der Waals surface area contributed by atoms with E-state index in [2.05, 4.69) is 10.3 Å². The van der Waals surface area contributed by atoms with Gasteiger partial charge in [-0.05, 0) is 62.4 Å². The zero-order valence-electron chi connectivity index (χ0n) is 19.5. The Hall–Kier alpha value is -3.98. The van der Waals surface area contributed by atoms with Gasteiger partial charge in [-0.25, -0.2) is 4.79 Å². The van der Waals surface area contributed by atoms with Crippen molar-refractivity contribution in [3.8, 4) is 5.75 Å². The first-order valence-corrected chi connectivity index (χ1v) is 11.7. The number of anilines is 1. The summed E-state index contributed by atoms with van der Waals surface area (Å²) in [4.78, 5) is 56.4. The molecule has 0 fully saturated rings. The SMILES string of the molecule is CC(=O)NC1=NC(=O)/C(=C2/C(=O)N3c4c(cc(OC(=O)c5ccccc5)cc42)C(C)=CC3(C)C)S1. The summed E-state index contributed by atoms with van der Waals surface area (Å²) in [6, 6.07) is 11.9. The lowest BCUT2D eigenvalue weighted by atomic mass is 9.89. The Kier molecular flexibility index (Phi) is 5.25. The zero-order valence-corrected chi connectivity index (χ0v) is 20.3. The summed E-state index contributed by atoms with van der Waals surface area (Å²) in [7, 11) is 0. The Labute approximate surface area is 205 Å². The fraction of sp³-hybridized carbons (Fsp3) is 0.192. The van der Waals surface area contributed by atoms with Crippen LogP contribution >= 0.6 is 11.8 Å². The van der Waals surface area contributed by atoms with Gasteiger partial charge in [-0.1, -0.05) is 24.3 Å². The average Bonchev–Trinajstić information content (AvgIpc) is 3.28. The molecule has 2 aromatic rings. The number of allylic oxidation sites excluding steroid dienone is 1. The van der Waals surface area contributed by atoms with Gasteiger partial charge in [0.05, 0.1) is 27.3 Å². The smallest absolute Gasteiger partial charge is 0.343 e. The van der Waals surface area contributed by atoms with Crippen molar-refractivity contribution in [2.24, 2.45) is 4.99 Å². The number of amides is 3. The van der Waals surface area contributed by atoms with Crippen LogP contribution in [0.4, 0.5) is 5.69 Å². The number of aliphatic imine (C=N–C) groups is 1. The molecule has 176 valence electrons. The van der Waals surface area contributed by atoms with Crippen molar-refractivity contribution in [1.82, 2.24) is 5.32 Å². The van der Waals surface area contributed by atoms with E-state index in [0.29, 0.717) is 16.8 Å². The molecule has 0 aromatic heterocycles. The van der Waals surface area contributed by atoms with Gasteiger partial charge in [-0.2, -0.15) is 4.99 Å². The predicted molar refractivity (Wildman–Crippen MR) is 134 cm³/mol. The van der Waals surface area contributed by atoms with Gasteiger partial charge in [0.2, 0.25) is 5.91 Å². The second-order valence-corrected chi connectivity index (χ2v) is 9.95. The molecule has 3 amide bonds. The number of benzene rings is 2. The van der Waals surface area contributed by atoms with E-state index in [1.165, 1.54) is 6.92 Å². The van der Waals surface area contributed by atoms with Gasteiger partial charge >= 0.3 is 5.97 Å². The van der Waals surface area contributed by atoms with E-state index in [0.717, 1.165) is 22.9 Å². The molecule has 3 aliphatic rings. The molecule has 0 radical (unpaired) electrons. The minimum atomic E-state index is -0.652. The number of ether oxygens (including phenoxy) is 1. The standard InChI is InChI=1S/C26H21N3O5S/c1-13-12-26(3,4)29-20-17(13)10-16(34-24(33)15-8-6-5-7-9-15)11-18(20)19(23(29)32)21-22(31)28-25(35-21)27-14(2)30/h5-12H,1-4H3,(H,27,28,30,31)/b21-19-. The highest BCUT2D eigenvalue weighted by molar-refractivity contribution is 8.18. The average molecular weight is 488 g/mol. The van der Waals surface area contributed by atoms with Gasteiger partial charge in [-0.15, -0.1) is 0 Å². The molecule has 1 N–H and O–H groups in total. The van der Waals surface area contributed by atoms with Crippen LogP contribution in [0.5, 0.6) is 5.75 Å². The van der Waals surface area contributed by atoms with Crippen molar-refractivity contribution >= 4 is 57.5 Å². The first-order valence-electron chi connectivity index (χ1n) is 10.9. The Balaban J connectivity index is 1.66. The van der Waals surface area contributed by atoms with Crippen LogP contribution in [-0.4, -0.2) is 34.4 Å². The molecule has 2 aromatic carbocycles. The van der Waals surface area contributed by atoms with Gasteiger partial charge in [0.1, 0.15) is 5.75 Å². The number of thioether (sulfide) groups is 1. The Morgan fingerprint density at radius 3 is 2.46 bits per heavy atom. The number of nitrogens with one attached hydrogen (secondary N) is 1. The molecule has 3 aliphatic heterocycles. The van der Waals surface area contributed by atoms with E-state index in [4.69, 9.17) is 4.74 Å². The third-order valence-corrected chi connectivity index (χ3v) is 6.86. The van der Waals surface area contributed by atoms with E-state index >= 15 is 0 Å². The number of nitrogens with zero attached hydrogens (tertiary/aromatic N) is 2. The van der Waals surface area contributed by atoms with E-state index < -0.39 is 17.4 Å². The van der Waals surface area contributed by atoms with Crippen LogP contribution in [0, 0.1) is 0 Å². The Morgan fingerprint density at radius 2 is 1.77 bits per heavy atom. The molecular formula is C26H21N3O5S. The largest absolute Gasteiger partial charge is 0.423 e. The number of rotatable bonds is 2. The molecule has 3 heterocycles. The summed E-state index contributed by atoms with van der Waals surface area (Å²) < 4.78 is 5.68. The topological polar surface area (TPSA) is 105 Å². The third kappa shape index (κ3) is 3.77. The van der Waals surface area contributed by atoms with Gasteiger partial charge in [-0.3, -0.25) is 19.3 Å². The molecular weight excluding hydrogens is 466 g/mol. The Bertz CT molecular complexity index is 1440. The normalized spacial score (nSPS) is 19.8. The minimum absolute atomic E-state index is 0.119. The van der Waals surface area contributed by atoms with Crippen molar-refractivity contribution in [1.29, 1.82) is 0 Å². The summed E-state index contributed by atoms with van der Waals surface area (Å²) in [5.41, 5.74) is 2.71. The summed E-state index contributed by atoms with van der Waals surface area (Å²) in [5.74, 6) is -1.60. The molecule has 9 heteroatoms. The van der Waals surface area contributed by atoms with E-state index in [-0.39, 0.29) is 33.2 Å². The van der Waals surface area contributed by atoms with Crippen LogP contribution in [0.15, 0.2) is 58.4 Å². The fourth-order valence-electron chi connectivity index (χ4n) is 4.58. The number of hydrogen-bond acceptors (Lipinski definition) is 6. The third-order valence-electron chi connectivity index (χ3n) is 5.89. The Morgan fingerprint density at radius 1 is 1.09 bits per heavy atom. The molecule has 0 spiro atoms. The van der Waals surface area contributed by atoms with E-state index in [1.54, 1.807) is 47.4 Å². The highest BCUT2D eigenvalue weighted by Gasteiger charge is 2.47. The molecule has 0 unspecified atom stereocenters. The lowest BCUT2D eigenvalue weighted by Gasteiger charge is -2.38. The fourth-order valence-corrected chi connectivity index (χ4v) is 5.53. The minimum Gasteiger partial charge on any atom is -0.423 e. The quantitative estimate of drug-likeness (QED) is 0.391. The van der Waals surface area contributed by atoms with Crippen LogP contribution in [-0.2, 0) is 14.4 Å². The molecule has 8 nitrogen and oxygen atoms in total. The number of hydrogen-bond donors (Lipinski definition) is 1. The van der Waals surface area contributed by atoms with Crippen LogP contribution in [0.2, 0.25) is 0 Å². The zero-order chi connectivity index (χ0) is 25.1. The summed E-state index contributed by atoms with van der Waals surface area (Å²) in [6.07, 6.45) is 1.97. The maximum Gasteiger partial charge on any atom is 0.343 e. The molecule has 0 atom stereocenters. The van der Waals surface area contributed by atoms with Crippen molar-refractivity contribution in [3.05, 3.63) is 70.1 Å². The first-order chi connectivity index (χ1) is 16.6. The van der Waals surface area contributed by atoms with Crippen molar-refractivity contribution in [2.75, 3.05) is 4.90 Å². The van der Waals surface area contributed by atoms with Gasteiger partial charge in [0.25, 0.3) is 11.8 Å². The summed E-state index contributed by atoms with van der Waals surface area (Å²) >= 11 is 0.944. The lowest BCUT2D eigenvalue weighted by molar-refractivity contribution is -0.117. The molecule has 5 rings (SSSR count). The van der Waals surface area contributed by atoms with E-state index in [1.807, 2.05) is 26.8 Å². The highest BCUT2D eigenvalue weighted by atomic mass is 32.2. The number of carbonyl (C=O) groups excluding carboxylic acids is 4. The second kappa shape index (κ2) is 8.06. The molecule has 0 saturated heterocycles. The predicted octanol–water partition coefficient (Wildman–Crippen LogP) is 3.92. The van der Waals surface area contributed by atoms with Gasteiger partial charge < -0.3 is 10.1 Å². The number of carbonyl (C=O) groups is 4. The van der Waals surface area contributed by atoms with Crippen LogP contribution in [0.25, 0.3) is 11.1 Å². The van der Waals surface area contributed by atoms with Crippen molar-refractivity contribution in [2.45, 2.75) is 33.2 Å².